The molecule has 0 radical (unpaired) electrons. The second-order valence-electron chi connectivity index (χ2n) is 7.76. The molecule has 4 rings (SSSR count). The number of likely N-dealkylation sites (tertiary alicyclic amines) is 1. The van der Waals surface area contributed by atoms with Crippen LogP contribution in [0.25, 0.3) is 0 Å². The Kier molecular flexibility index (Phi) is 6.07. The fourth-order valence-corrected chi connectivity index (χ4v) is 5.50. The molecule has 1 amide bonds. The monoisotopic (exact) mass is 465 g/mol. The SMILES string of the molecule is COCCN1[C@@H](CC=O)[C@@H](N)[C@H](c2cccc(Cl)c2F)[C@]12C(=O)Nc1cc(Cl)ccc12. The molecule has 0 aromatic heterocycles. The molecule has 4 atom stereocenters. The van der Waals surface area contributed by atoms with Crippen LogP contribution in [-0.2, 0) is 19.9 Å². The van der Waals surface area contributed by atoms with Crippen LogP contribution in [0.1, 0.15) is 23.5 Å². The average molecular weight is 466 g/mol. The van der Waals surface area contributed by atoms with Gasteiger partial charge in [-0.05, 0) is 23.8 Å². The zero-order valence-corrected chi connectivity index (χ0v) is 18.3. The zero-order chi connectivity index (χ0) is 22.3. The number of anilines is 1. The lowest BCUT2D eigenvalue weighted by atomic mass is 9.73. The molecule has 0 unspecified atom stereocenters. The van der Waals surface area contributed by atoms with Gasteiger partial charge in [-0.25, -0.2) is 4.39 Å². The van der Waals surface area contributed by atoms with Crippen LogP contribution < -0.4 is 11.1 Å². The number of nitrogens with one attached hydrogen (secondary N) is 1. The third kappa shape index (κ3) is 3.27. The van der Waals surface area contributed by atoms with Gasteiger partial charge in [-0.15, -0.1) is 0 Å². The molecule has 0 saturated carbocycles. The van der Waals surface area contributed by atoms with Crippen LogP contribution in [0.2, 0.25) is 10.0 Å². The molecule has 9 heteroatoms. The Morgan fingerprint density at radius 3 is 2.81 bits per heavy atom. The van der Waals surface area contributed by atoms with Crippen LogP contribution in [0.3, 0.4) is 0 Å². The van der Waals surface area contributed by atoms with Crippen LogP contribution >= 0.6 is 23.2 Å². The summed E-state index contributed by atoms with van der Waals surface area (Å²) >= 11 is 12.2. The van der Waals surface area contributed by atoms with Gasteiger partial charge >= 0.3 is 0 Å². The number of benzene rings is 2. The molecule has 2 heterocycles. The van der Waals surface area contributed by atoms with E-state index in [4.69, 9.17) is 33.7 Å². The van der Waals surface area contributed by atoms with Crippen molar-refractivity contribution in [2.24, 2.45) is 5.73 Å². The number of fused-ring (bicyclic) bond motifs is 2. The number of methoxy groups -OCH3 is 1. The number of amides is 1. The fourth-order valence-electron chi connectivity index (χ4n) is 5.14. The summed E-state index contributed by atoms with van der Waals surface area (Å²) in [5, 5.41) is 3.29. The van der Waals surface area contributed by atoms with Crippen LogP contribution in [0, 0.1) is 5.82 Å². The number of halogens is 3. The molecule has 2 aromatic rings. The predicted molar refractivity (Wildman–Crippen MR) is 117 cm³/mol. The number of nitrogens with zero attached hydrogens (tertiary/aromatic N) is 1. The van der Waals surface area contributed by atoms with Crippen molar-refractivity contribution in [3.05, 3.63) is 63.4 Å². The molecule has 164 valence electrons. The Morgan fingerprint density at radius 1 is 1.32 bits per heavy atom. The van der Waals surface area contributed by atoms with E-state index >= 15 is 4.39 Å². The first-order chi connectivity index (χ1) is 14.9. The smallest absolute Gasteiger partial charge is 0.250 e. The molecule has 1 saturated heterocycles. The molecule has 0 bridgehead atoms. The van der Waals surface area contributed by atoms with Crippen molar-refractivity contribution < 1.29 is 18.7 Å². The Balaban J connectivity index is 2.02. The highest BCUT2D eigenvalue weighted by molar-refractivity contribution is 6.31. The van der Waals surface area contributed by atoms with E-state index < -0.39 is 29.4 Å². The second kappa shape index (κ2) is 8.48. The lowest BCUT2D eigenvalue weighted by molar-refractivity contribution is -0.128. The number of ether oxygens (including phenoxy) is 1. The third-order valence-corrected chi connectivity index (χ3v) is 6.84. The summed E-state index contributed by atoms with van der Waals surface area (Å²) in [6, 6.07) is 8.52. The lowest BCUT2D eigenvalue weighted by Gasteiger charge is -2.39. The highest BCUT2D eigenvalue weighted by Crippen LogP contribution is 2.57. The fraction of sp³-hybridized carbons (Fsp3) is 0.364. The molecular weight excluding hydrogens is 444 g/mol. The van der Waals surface area contributed by atoms with Crippen molar-refractivity contribution in [3.63, 3.8) is 0 Å². The maximum Gasteiger partial charge on any atom is 0.250 e. The molecule has 0 aliphatic carbocycles. The van der Waals surface area contributed by atoms with E-state index in [0.29, 0.717) is 29.4 Å². The Bertz CT molecular complexity index is 1040. The van der Waals surface area contributed by atoms with Crippen molar-refractivity contribution in [2.45, 2.75) is 30.0 Å². The minimum atomic E-state index is -1.35. The second-order valence-corrected chi connectivity index (χ2v) is 8.61. The summed E-state index contributed by atoms with van der Waals surface area (Å²) in [7, 11) is 1.55. The van der Waals surface area contributed by atoms with Crippen LogP contribution in [0.15, 0.2) is 36.4 Å². The van der Waals surface area contributed by atoms with Crippen molar-refractivity contribution >= 4 is 41.1 Å². The van der Waals surface area contributed by atoms with Crippen molar-refractivity contribution in [1.82, 2.24) is 4.90 Å². The summed E-state index contributed by atoms with van der Waals surface area (Å²) in [6.45, 7) is 0.613. The highest BCUT2D eigenvalue weighted by Gasteiger charge is 2.66. The molecule has 2 aliphatic heterocycles. The van der Waals surface area contributed by atoms with Gasteiger partial charge in [0.1, 0.15) is 17.6 Å². The van der Waals surface area contributed by atoms with Crippen LogP contribution in [-0.4, -0.2) is 49.4 Å². The van der Waals surface area contributed by atoms with E-state index in [-0.39, 0.29) is 22.9 Å². The topological polar surface area (TPSA) is 84.7 Å². The lowest BCUT2D eigenvalue weighted by Crippen LogP contribution is -2.53. The normalized spacial score (nSPS) is 27.5. The average Bonchev–Trinajstić information content (AvgIpc) is 3.15. The number of nitrogens with two attached hydrogens (primary N) is 1. The first kappa shape index (κ1) is 22.2. The quantitative estimate of drug-likeness (QED) is 0.639. The molecule has 6 nitrogen and oxygen atoms in total. The minimum absolute atomic E-state index is 0.0585. The van der Waals surface area contributed by atoms with E-state index in [1.807, 2.05) is 4.90 Å². The Labute approximate surface area is 189 Å². The number of rotatable bonds is 6. The first-order valence-corrected chi connectivity index (χ1v) is 10.6. The maximum absolute atomic E-state index is 15.3. The standard InChI is InChI=1S/C22H22Cl2FN3O3/c1-31-10-8-28-17(7-9-29)20(26)18(13-3-2-4-15(24)19(13)25)22(28)14-6-5-12(23)11-16(14)27-21(22)30/h2-6,9,11,17-18,20H,7-8,10,26H2,1H3,(H,27,30)/t17-,18-,20+,22+/m0/s1. The Morgan fingerprint density at radius 2 is 2.10 bits per heavy atom. The predicted octanol–water partition coefficient (Wildman–Crippen LogP) is 3.31. The van der Waals surface area contributed by atoms with Gasteiger partial charge in [-0.3, -0.25) is 9.69 Å². The summed E-state index contributed by atoms with van der Waals surface area (Å²) in [5.41, 5.74) is 6.71. The van der Waals surface area contributed by atoms with Crippen LogP contribution in [0.5, 0.6) is 0 Å². The number of hydrogen-bond acceptors (Lipinski definition) is 5. The highest BCUT2D eigenvalue weighted by atomic mass is 35.5. The minimum Gasteiger partial charge on any atom is -0.383 e. The summed E-state index contributed by atoms with van der Waals surface area (Å²) < 4.78 is 20.5. The molecule has 31 heavy (non-hydrogen) atoms. The summed E-state index contributed by atoms with van der Waals surface area (Å²) in [6.07, 6.45) is 0.853. The van der Waals surface area contributed by atoms with E-state index in [1.165, 1.54) is 6.07 Å². The Hall–Kier alpha value is -2.03. The van der Waals surface area contributed by atoms with Gasteiger partial charge in [0.15, 0.2) is 0 Å². The van der Waals surface area contributed by atoms with E-state index in [2.05, 4.69) is 5.32 Å². The van der Waals surface area contributed by atoms with E-state index in [9.17, 15) is 9.59 Å². The van der Waals surface area contributed by atoms with Gasteiger partial charge < -0.3 is 20.6 Å². The number of carbonyl (C=O) groups excluding carboxylic acids is 2. The van der Waals surface area contributed by atoms with Gasteiger partial charge in [0.05, 0.1) is 11.6 Å². The third-order valence-electron chi connectivity index (χ3n) is 6.31. The van der Waals surface area contributed by atoms with Gasteiger partial charge in [-0.1, -0.05) is 41.4 Å². The van der Waals surface area contributed by atoms with Crippen LogP contribution in [0.4, 0.5) is 10.1 Å². The molecule has 3 N–H and O–H groups in total. The van der Waals surface area contributed by atoms with Gasteiger partial charge in [-0.2, -0.15) is 0 Å². The molecule has 2 aromatic carbocycles. The first-order valence-electron chi connectivity index (χ1n) is 9.88. The van der Waals surface area contributed by atoms with Crippen molar-refractivity contribution in [3.8, 4) is 0 Å². The van der Waals surface area contributed by atoms with Gasteiger partial charge in [0.2, 0.25) is 5.91 Å². The summed E-state index contributed by atoms with van der Waals surface area (Å²) in [4.78, 5) is 27.1. The maximum atomic E-state index is 15.3. The van der Waals surface area contributed by atoms with Gasteiger partial charge in [0.25, 0.3) is 0 Å². The van der Waals surface area contributed by atoms with E-state index in [0.717, 1.165) is 6.29 Å². The largest absolute Gasteiger partial charge is 0.383 e. The van der Waals surface area contributed by atoms with Crippen molar-refractivity contribution in [1.29, 1.82) is 0 Å². The summed E-state index contributed by atoms with van der Waals surface area (Å²) in [5.74, 6) is -1.78. The molecular formula is C22H22Cl2FN3O3. The molecule has 1 fully saturated rings. The van der Waals surface area contributed by atoms with E-state index in [1.54, 1.807) is 37.4 Å². The van der Waals surface area contributed by atoms with Crippen molar-refractivity contribution in [2.75, 3.05) is 25.6 Å². The number of hydrogen-bond donors (Lipinski definition) is 2. The van der Waals surface area contributed by atoms with Gasteiger partial charge in [0, 0.05) is 54.4 Å². The number of carbonyl (C=O) groups is 2. The number of aldehydes is 1. The molecule has 1 spiro atoms. The zero-order valence-electron chi connectivity index (χ0n) is 16.8. The molecule has 2 aliphatic rings.